The Balaban J connectivity index is 0. The number of hydrogen-bond acceptors (Lipinski definition) is 1. The number of nitrogens with two attached hydrogens (primary N) is 1. The van der Waals surface area contributed by atoms with E-state index in [-0.39, 0.29) is 12.4 Å². The molecule has 0 fully saturated rings. The number of halogens is 1. The normalized spacial score (nSPS) is 11.3. The third-order valence-corrected chi connectivity index (χ3v) is 0.905. The van der Waals surface area contributed by atoms with Crippen molar-refractivity contribution in [2.45, 2.75) is 20.3 Å². The van der Waals surface area contributed by atoms with Gasteiger partial charge >= 0.3 is 0 Å². The summed E-state index contributed by atoms with van der Waals surface area (Å²) in [6.45, 7) is 4.25. The maximum atomic E-state index is 5.42. The number of hydrogen-bond donors (Lipinski definition) is 1. The minimum atomic E-state index is 0. The minimum Gasteiger partial charge on any atom is -0.387 e. The van der Waals surface area contributed by atoms with Crippen LogP contribution in [0.2, 0.25) is 0 Å². The fourth-order valence-corrected chi connectivity index (χ4v) is 0.510. The van der Waals surface area contributed by atoms with Crippen molar-refractivity contribution in [3.63, 3.8) is 0 Å². The van der Waals surface area contributed by atoms with Crippen molar-refractivity contribution < 1.29 is 0 Å². The molecule has 3 heteroatoms. The van der Waals surface area contributed by atoms with Crippen LogP contribution in [0.5, 0.6) is 0 Å². The van der Waals surface area contributed by atoms with E-state index >= 15 is 0 Å². The maximum Gasteiger partial charge on any atom is 0.0936 e. The molecule has 0 heterocycles. The van der Waals surface area contributed by atoms with Crippen LogP contribution in [0.3, 0.4) is 0 Å². The molecular weight excluding hydrogens is 136 g/mol. The molecule has 2 nitrogen and oxygen atoms in total. The molecule has 0 aromatic rings. The molecule has 0 radical (unpaired) electrons. The number of nitrogens with zero attached hydrogens (tertiary/aromatic N) is 1. The van der Waals surface area contributed by atoms with Crippen LogP contribution in [-0.4, -0.2) is 12.9 Å². The zero-order valence-corrected chi connectivity index (χ0v) is 7.03. The van der Waals surface area contributed by atoms with Gasteiger partial charge in [-0.05, 0) is 5.92 Å². The summed E-state index contributed by atoms with van der Waals surface area (Å²) in [5.74, 6) is 1.37. The van der Waals surface area contributed by atoms with Crippen LogP contribution in [-0.2, 0) is 0 Å². The van der Waals surface area contributed by atoms with Gasteiger partial charge in [0.05, 0.1) is 5.84 Å². The largest absolute Gasteiger partial charge is 0.387 e. The van der Waals surface area contributed by atoms with Gasteiger partial charge < -0.3 is 5.73 Å². The lowest BCUT2D eigenvalue weighted by molar-refractivity contribution is 0.680. The Morgan fingerprint density at radius 3 is 2.11 bits per heavy atom. The third-order valence-electron chi connectivity index (χ3n) is 0.905. The van der Waals surface area contributed by atoms with Gasteiger partial charge in [0.15, 0.2) is 0 Å². The molecule has 0 atom stereocenters. The zero-order chi connectivity index (χ0) is 6.57. The Kier molecular flexibility index (Phi) is 7.55. The van der Waals surface area contributed by atoms with Gasteiger partial charge in [-0.25, -0.2) is 0 Å². The highest BCUT2D eigenvalue weighted by Gasteiger charge is 1.94. The first kappa shape index (κ1) is 11.5. The lowest BCUT2D eigenvalue weighted by atomic mass is 10.1. The molecule has 0 unspecified atom stereocenters. The Hall–Kier alpha value is -0.240. The topological polar surface area (TPSA) is 38.4 Å². The maximum absolute atomic E-state index is 5.42. The van der Waals surface area contributed by atoms with Gasteiger partial charge in [0.1, 0.15) is 0 Å². The van der Waals surface area contributed by atoms with Crippen LogP contribution in [0.15, 0.2) is 4.99 Å². The van der Waals surface area contributed by atoms with Gasteiger partial charge in [-0.3, -0.25) is 4.99 Å². The van der Waals surface area contributed by atoms with Crippen molar-refractivity contribution in [1.82, 2.24) is 0 Å². The van der Waals surface area contributed by atoms with Crippen LogP contribution in [0.1, 0.15) is 20.3 Å². The number of rotatable bonds is 2. The van der Waals surface area contributed by atoms with Crippen molar-refractivity contribution in [2.75, 3.05) is 7.05 Å². The van der Waals surface area contributed by atoms with Crippen molar-refractivity contribution in [3.05, 3.63) is 0 Å². The summed E-state index contributed by atoms with van der Waals surface area (Å²) in [6.07, 6.45) is 0.913. The second-order valence-corrected chi connectivity index (χ2v) is 2.31. The van der Waals surface area contributed by atoms with Crippen LogP contribution in [0.25, 0.3) is 0 Å². The Morgan fingerprint density at radius 2 is 2.00 bits per heavy atom. The summed E-state index contributed by atoms with van der Waals surface area (Å²) in [7, 11) is 1.72. The highest BCUT2D eigenvalue weighted by atomic mass is 35.5. The van der Waals surface area contributed by atoms with E-state index in [0.717, 1.165) is 12.3 Å². The molecule has 2 N–H and O–H groups in total. The number of aliphatic imine (C=N–C) groups is 1. The summed E-state index contributed by atoms with van der Waals surface area (Å²) in [6, 6.07) is 0. The third kappa shape index (κ3) is 7.76. The predicted molar refractivity (Wildman–Crippen MR) is 44.2 cm³/mol. The molecule has 0 aliphatic rings. The standard InChI is InChI=1S/C6H14N2.ClH/c1-5(2)4-6(7)8-3;/h5H,4H2,1-3H3,(H2,7,8);1H. The van der Waals surface area contributed by atoms with E-state index in [2.05, 4.69) is 18.8 Å². The van der Waals surface area contributed by atoms with Crippen molar-refractivity contribution in [1.29, 1.82) is 0 Å². The lowest BCUT2D eigenvalue weighted by Gasteiger charge is -2.00. The quantitative estimate of drug-likeness (QED) is 0.470. The van der Waals surface area contributed by atoms with Crippen molar-refractivity contribution in [3.8, 4) is 0 Å². The average molecular weight is 151 g/mol. The molecule has 56 valence electrons. The van der Waals surface area contributed by atoms with Gasteiger partial charge in [-0.2, -0.15) is 0 Å². The minimum absolute atomic E-state index is 0. The Labute approximate surface area is 63.0 Å². The van der Waals surface area contributed by atoms with E-state index in [1.165, 1.54) is 0 Å². The molecule has 0 aromatic heterocycles. The summed E-state index contributed by atoms with van der Waals surface area (Å²) in [5, 5.41) is 0. The molecule has 0 spiro atoms. The fourth-order valence-electron chi connectivity index (χ4n) is 0.510. The molecule has 0 saturated heterocycles. The van der Waals surface area contributed by atoms with Crippen LogP contribution < -0.4 is 5.73 Å². The second kappa shape index (κ2) is 5.89. The van der Waals surface area contributed by atoms with E-state index in [4.69, 9.17) is 5.73 Å². The zero-order valence-electron chi connectivity index (χ0n) is 6.22. The SMILES string of the molecule is CN=C(N)CC(C)C.Cl. The smallest absolute Gasteiger partial charge is 0.0936 e. The summed E-state index contributed by atoms with van der Waals surface area (Å²) in [4.78, 5) is 3.82. The second-order valence-electron chi connectivity index (χ2n) is 2.31. The van der Waals surface area contributed by atoms with Crippen LogP contribution in [0.4, 0.5) is 0 Å². The Morgan fingerprint density at radius 1 is 1.56 bits per heavy atom. The first-order valence-corrected chi connectivity index (χ1v) is 2.88. The highest BCUT2D eigenvalue weighted by Crippen LogP contribution is 1.96. The monoisotopic (exact) mass is 150 g/mol. The fraction of sp³-hybridized carbons (Fsp3) is 0.833. The van der Waals surface area contributed by atoms with Crippen molar-refractivity contribution in [2.24, 2.45) is 16.6 Å². The van der Waals surface area contributed by atoms with Crippen molar-refractivity contribution >= 4 is 18.2 Å². The van der Waals surface area contributed by atoms with Gasteiger partial charge in [-0.15, -0.1) is 12.4 Å². The molecule has 0 saturated carbocycles. The van der Waals surface area contributed by atoms with Gasteiger partial charge in [0.2, 0.25) is 0 Å². The van der Waals surface area contributed by atoms with E-state index in [9.17, 15) is 0 Å². The highest BCUT2D eigenvalue weighted by molar-refractivity contribution is 5.85. The first-order valence-electron chi connectivity index (χ1n) is 2.88. The van der Waals surface area contributed by atoms with E-state index < -0.39 is 0 Å². The molecule has 0 aliphatic carbocycles. The van der Waals surface area contributed by atoms with Crippen LogP contribution in [0, 0.1) is 5.92 Å². The summed E-state index contributed by atoms with van der Waals surface area (Å²) < 4.78 is 0. The Bertz CT molecular complexity index is 89.1. The summed E-state index contributed by atoms with van der Waals surface area (Å²) >= 11 is 0. The summed E-state index contributed by atoms with van der Waals surface area (Å²) in [5.41, 5.74) is 5.42. The molecule has 0 amide bonds. The van der Waals surface area contributed by atoms with E-state index in [1.807, 2.05) is 0 Å². The lowest BCUT2D eigenvalue weighted by Crippen LogP contribution is -2.13. The van der Waals surface area contributed by atoms with E-state index in [0.29, 0.717) is 5.92 Å². The van der Waals surface area contributed by atoms with Gasteiger partial charge in [0.25, 0.3) is 0 Å². The molecule has 0 aliphatic heterocycles. The van der Waals surface area contributed by atoms with Crippen LogP contribution >= 0.6 is 12.4 Å². The molecular formula is C6H15ClN2. The first-order chi connectivity index (χ1) is 3.66. The number of amidine groups is 1. The average Bonchev–Trinajstić information content (AvgIpc) is 1.65. The molecule has 0 aromatic carbocycles. The van der Waals surface area contributed by atoms with Gasteiger partial charge in [-0.1, -0.05) is 13.8 Å². The molecule has 0 bridgehead atoms. The molecule has 9 heavy (non-hydrogen) atoms. The van der Waals surface area contributed by atoms with Gasteiger partial charge in [0, 0.05) is 13.5 Å². The predicted octanol–water partition coefficient (Wildman–Crippen LogP) is 1.44. The van der Waals surface area contributed by atoms with E-state index in [1.54, 1.807) is 7.05 Å². The molecule has 0 rings (SSSR count).